The Morgan fingerprint density at radius 3 is 2.72 bits per heavy atom. The minimum atomic E-state index is -0.796. The number of nitrogens with zero attached hydrogens (tertiary/aromatic N) is 3. The second-order valence-corrected chi connectivity index (χ2v) is 5.71. The average Bonchev–Trinajstić information content (AvgIpc) is 3.15. The van der Waals surface area contributed by atoms with Gasteiger partial charge in [0, 0.05) is 36.1 Å². The Morgan fingerprint density at radius 2 is 2.00 bits per heavy atom. The van der Waals surface area contributed by atoms with Gasteiger partial charge >= 0.3 is 6.03 Å². The number of urea groups is 1. The molecular formula is C17H15N5O3. The van der Waals surface area contributed by atoms with Crippen molar-refractivity contribution in [1.82, 2.24) is 24.8 Å². The molecule has 0 aliphatic carbocycles. The van der Waals surface area contributed by atoms with Crippen molar-refractivity contribution >= 4 is 22.8 Å². The predicted octanol–water partition coefficient (Wildman–Crippen LogP) is 1.09. The lowest BCUT2D eigenvalue weighted by molar-refractivity contribution is -0.120. The van der Waals surface area contributed by atoms with E-state index in [0.717, 1.165) is 10.9 Å². The van der Waals surface area contributed by atoms with Crippen LogP contribution in [0, 0.1) is 0 Å². The van der Waals surface area contributed by atoms with Gasteiger partial charge in [0.15, 0.2) is 0 Å². The third-order valence-electron chi connectivity index (χ3n) is 4.29. The molecule has 8 nitrogen and oxygen atoms in total. The molecule has 1 aromatic carbocycles. The molecule has 2 aromatic heterocycles. The summed E-state index contributed by atoms with van der Waals surface area (Å²) in [5, 5.41) is 5.60. The molecule has 3 amide bonds. The zero-order valence-electron chi connectivity index (χ0n) is 13.4. The van der Waals surface area contributed by atoms with E-state index < -0.39 is 18.0 Å². The van der Waals surface area contributed by atoms with Gasteiger partial charge in [-0.25, -0.2) is 9.78 Å². The molecule has 126 valence electrons. The van der Waals surface area contributed by atoms with E-state index in [1.165, 1.54) is 0 Å². The van der Waals surface area contributed by atoms with Crippen molar-refractivity contribution in [3.63, 3.8) is 0 Å². The minimum absolute atomic E-state index is 0.225. The quantitative estimate of drug-likeness (QED) is 0.699. The Kier molecular flexibility index (Phi) is 3.38. The van der Waals surface area contributed by atoms with Gasteiger partial charge in [-0.1, -0.05) is 18.2 Å². The van der Waals surface area contributed by atoms with E-state index in [4.69, 9.17) is 0 Å². The maximum atomic E-state index is 12.6. The van der Waals surface area contributed by atoms with Crippen molar-refractivity contribution in [3.05, 3.63) is 58.8 Å². The number of hydrogen-bond acceptors (Lipinski definition) is 4. The highest BCUT2D eigenvalue weighted by molar-refractivity contribution is 6.06. The lowest BCUT2D eigenvalue weighted by Gasteiger charge is -2.06. The molecule has 25 heavy (non-hydrogen) atoms. The summed E-state index contributed by atoms with van der Waals surface area (Å²) in [5.41, 5.74) is 1.13. The average molecular weight is 337 g/mol. The molecule has 3 heterocycles. The number of para-hydroxylation sites is 1. The Bertz CT molecular complexity index is 1070. The zero-order valence-corrected chi connectivity index (χ0v) is 13.4. The predicted molar refractivity (Wildman–Crippen MR) is 90.4 cm³/mol. The van der Waals surface area contributed by atoms with E-state index in [-0.39, 0.29) is 11.4 Å². The standard InChI is InChI=1S/C17H15N5O3/c1-2-21-8-7-18-14(16(21)24)22-9-11(10-5-3-4-6-12(10)22)13-15(23)20-17(25)19-13/h3-9,13H,2H2,1H3,(H2,19,20,23,25)/t13-/m0/s1. The van der Waals surface area contributed by atoms with Crippen molar-refractivity contribution < 1.29 is 9.59 Å². The largest absolute Gasteiger partial charge is 0.322 e. The van der Waals surface area contributed by atoms with Crippen LogP contribution in [0.2, 0.25) is 0 Å². The molecule has 0 spiro atoms. The lowest BCUT2D eigenvalue weighted by atomic mass is 10.1. The van der Waals surface area contributed by atoms with Crippen LogP contribution < -0.4 is 16.2 Å². The summed E-state index contributed by atoms with van der Waals surface area (Å²) in [5.74, 6) is -0.170. The Morgan fingerprint density at radius 1 is 1.20 bits per heavy atom. The van der Waals surface area contributed by atoms with Gasteiger partial charge in [-0.2, -0.15) is 0 Å². The number of hydrogen-bond donors (Lipinski definition) is 2. The summed E-state index contributed by atoms with van der Waals surface area (Å²) in [6, 6.07) is 6.05. The SMILES string of the molecule is CCn1ccnc(-n2cc([C@@H]3NC(=O)NC3=O)c3ccccc32)c1=O. The molecule has 2 N–H and O–H groups in total. The van der Waals surface area contributed by atoms with Gasteiger partial charge in [0.05, 0.1) is 5.52 Å². The zero-order chi connectivity index (χ0) is 17.6. The fraction of sp³-hybridized carbons (Fsp3) is 0.176. The van der Waals surface area contributed by atoms with E-state index in [0.29, 0.717) is 12.1 Å². The molecule has 1 aliphatic rings. The summed E-state index contributed by atoms with van der Waals surface area (Å²) in [6.07, 6.45) is 4.88. The topological polar surface area (TPSA) is 98.0 Å². The monoisotopic (exact) mass is 337 g/mol. The molecule has 0 unspecified atom stereocenters. The van der Waals surface area contributed by atoms with Gasteiger partial charge in [0.2, 0.25) is 5.82 Å². The molecule has 3 aromatic rings. The van der Waals surface area contributed by atoms with E-state index in [1.54, 1.807) is 27.7 Å². The Labute approximate surface area is 142 Å². The van der Waals surface area contributed by atoms with Crippen molar-refractivity contribution in [2.75, 3.05) is 0 Å². The molecule has 0 radical (unpaired) electrons. The normalized spacial score (nSPS) is 16.9. The van der Waals surface area contributed by atoms with Crippen LogP contribution in [0.3, 0.4) is 0 Å². The number of fused-ring (bicyclic) bond motifs is 1. The highest BCUT2D eigenvalue weighted by Crippen LogP contribution is 2.29. The molecular weight excluding hydrogens is 322 g/mol. The number of aromatic nitrogens is 3. The second-order valence-electron chi connectivity index (χ2n) is 5.71. The van der Waals surface area contributed by atoms with Gasteiger partial charge < -0.3 is 9.88 Å². The molecule has 1 atom stereocenters. The van der Waals surface area contributed by atoms with Crippen LogP contribution in [0.1, 0.15) is 18.5 Å². The number of rotatable bonds is 3. The van der Waals surface area contributed by atoms with Gasteiger partial charge in [-0.15, -0.1) is 0 Å². The first-order valence-electron chi connectivity index (χ1n) is 7.87. The summed E-state index contributed by atoms with van der Waals surface area (Å²) < 4.78 is 3.22. The van der Waals surface area contributed by atoms with Gasteiger partial charge in [0.1, 0.15) is 6.04 Å². The van der Waals surface area contributed by atoms with Crippen molar-refractivity contribution in [3.8, 4) is 5.82 Å². The number of aryl methyl sites for hydroxylation is 1. The van der Waals surface area contributed by atoms with Crippen LogP contribution >= 0.6 is 0 Å². The van der Waals surface area contributed by atoms with E-state index in [9.17, 15) is 14.4 Å². The smallest absolute Gasteiger partial charge is 0.322 e. The summed E-state index contributed by atoms with van der Waals surface area (Å²) >= 11 is 0. The van der Waals surface area contributed by atoms with Gasteiger partial charge in [-0.05, 0) is 13.0 Å². The summed E-state index contributed by atoms with van der Waals surface area (Å²) in [6.45, 7) is 2.41. The van der Waals surface area contributed by atoms with Crippen molar-refractivity contribution in [1.29, 1.82) is 0 Å². The number of carbonyl (C=O) groups is 2. The fourth-order valence-corrected chi connectivity index (χ4v) is 3.10. The maximum absolute atomic E-state index is 12.6. The molecule has 8 heteroatoms. The van der Waals surface area contributed by atoms with Crippen LogP contribution in [0.15, 0.2) is 47.7 Å². The number of nitrogens with one attached hydrogen (secondary N) is 2. The lowest BCUT2D eigenvalue weighted by Crippen LogP contribution is -2.24. The van der Waals surface area contributed by atoms with Crippen LogP contribution in [0.25, 0.3) is 16.7 Å². The van der Waals surface area contributed by atoms with Crippen molar-refractivity contribution in [2.24, 2.45) is 0 Å². The van der Waals surface area contributed by atoms with Crippen molar-refractivity contribution in [2.45, 2.75) is 19.5 Å². The number of carbonyl (C=O) groups excluding carboxylic acids is 2. The maximum Gasteiger partial charge on any atom is 0.322 e. The van der Waals surface area contributed by atoms with Gasteiger partial charge in [0.25, 0.3) is 11.5 Å². The van der Waals surface area contributed by atoms with E-state index >= 15 is 0 Å². The first-order valence-corrected chi connectivity index (χ1v) is 7.87. The third kappa shape index (κ3) is 2.30. The fourth-order valence-electron chi connectivity index (χ4n) is 3.10. The van der Waals surface area contributed by atoms with E-state index in [1.807, 2.05) is 31.2 Å². The Hall–Kier alpha value is -3.42. The van der Waals surface area contributed by atoms with E-state index in [2.05, 4.69) is 15.6 Å². The van der Waals surface area contributed by atoms with Crippen LogP contribution in [0.5, 0.6) is 0 Å². The molecule has 4 rings (SSSR count). The number of benzene rings is 1. The third-order valence-corrected chi connectivity index (χ3v) is 4.29. The first-order chi connectivity index (χ1) is 12.1. The first kappa shape index (κ1) is 15.1. The number of amides is 3. The van der Waals surface area contributed by atoms with Crippen LogP contribution in [-0.2, 0) is 11.3 Å². The summed E-state index contributed by atoms with van der Waals surface area (Å²) in [4.78, 5) is 40.4. The molecule has 1 fully saturated rings. The number of imide groups is 1. The Balaban J connectivity index is 1.97. The van der Waals surface area contributed by atoms with Crippen LogP contribution in [-0.4, -0.2) is 26.1 Å². The highest BCUT2D eigenvalue weighted by Gasteiger charge is 2.33. The van der Waals surface area contributed by atoms with Gasteiger partial charge in [-0.3, -0.25) is 19.5 Å². The molecule has 1 aliphatic heterocycles. The minimum Gasteiger partial charge on any atom is -0.322 e. The molecule has 1 saturated heterocycles. The van der Waals surface area contributed by atoms with Crippen LogP contribution in [0.4, 0.5) is 4.79 Å². The summed E-state index contributed by atoms with van der Waals surface area (Å²) in [7, 11) is 0. The molecule has 0 bridgehead atoms. The molecule has 0 saturated carbocycles. The second kappa shape index (κ2) is 5.59. The highest BCUT2D eigenvalue weighted by atomic mass is 16.2.